The number of nitrogens with zero attached hydrogens (tertiary/aromatic N) is 1. The molecule has 2 aromatic rings. The van der Waals surface area contributed by atoms with Crippen molar-refractivity contribution in [2.75, 3.05) is 25.0 Å². The van der Waals surface area contributed by atoms with Gasteiger partial charge in [0.1, 0.15) is 0 Å². The third-order valence-electron chi connectivity index (χ3n) is 6.94. The minimum absolute atomic E-state index is 0. The largest absolute Gasteiger partial charge is 0.320 e. The van der Waals surface area contributed by atoms with Gasteiger partial charge in [-0.25, -0.2) is 0 Å². The topological polar surface area (TPSA) is 29.1 Å². The van der Waals surface area contributed by atoms with Crippen molar-refractivity contribution in [2.45, 2.75) is 65.8 Å². The summed E-state index contributed by atoms with van der Waals surface area (Å²) in [5, 5.41) is 3.29. The molecular formula is C26H37N2OY+. The molecule has 4 heteroatoms. The molecule has 1 aliphatic carbocycles. The number of amides is 1. The van der Waals surface area contributed by atoms with E-state index >= 15 is 0 Å². The van der Waals surface area contributed by atoms with Gasteiger partial charge in [0.05, 0.1) is 19.6 Å². The molecule has 159 valence electrons. The molecule has 0 aromatic heterocycles. The van der Waals surface area contributed by atoms with Gasteiger partial charge in [-0.1, -0.05) is 53.6 Å². The molecule has 1 radical (unpaired) electrons. The van der Waals surface area contributed by atoms with Crippen molar-refractivity contribution in [1.82, 2.24) is 0 Å². The number of benzene rings is 2. The van der Waals surface area contributed by atoms with Gasteiger partial charge in [0.25, 0.3) is 5.91 Å². The normalized spacial score (nSPS) is 17.9. The van der Waals surface area contributed by atoms with E-state index in [9.17, 15) is 4.79 Å². The first-order valence-electron chi connectivity index (χ1n) is 11.1. The van der Waals surface area contributed by atoms with Crippen LogP contribution >= 0.6 is 0 Å². The molecule has 2 aromatic carbocycles. The van der Waals surface area contributed by atoms with Gasteiger partial charge in [-0.3, -0.25) is 4.79 Å². The van der Waals surface area contributed by atoms with Gasteiger partial charge in [-0.05, 0) is 45.7 Å². The van der Waals surface area contributed by atoms with Crippen molar-refractivity contribution in [3.63, 3.8) is 0 Å². The zero-order valence-electron chi connectivity index (χ0n) is 19.4. The molecular weight excluding hydrogens is 445 g/mol. The average molecular weight is 483 g/mol. The van der Waals surface area contributed by atoms with Crippen molar-refractivity contribution < 1.29 is 42.0 Å². The summed E-state index contributed by atoms with van der Waals surface area (Å²) in [5.74, 6) is 0.256. The third-order valence-corrected chi connectivity index (χ3v) is 6.94. The molecule has 1 N–H and O–H groups in total. The van der Waals surface area contributed by atoms with Crippen LogP contribution in [0.2, 0.25) is 0 Å². The Kier molecular flexibility index (Phi) is 8.85. The standard InChI is InChI=1S/C19H28N2O.C7H8.Y/c1-5-21(10-6-7-11-21)19(8-9-19)18(22)20-17-15(3)12-14(2)13-16(17)4;1-7-5-3-2-4-6-7;/h12-13H,5-11H2,1-4H3;2-6H,1H3;/p+1. The molecule has 1 amide bonds. The van der Waals surface area contributed by atoms with Crippen molar-refractivity contribution in [1.29, 1.82) is 0 Å². The number of likely N-dealkylation sites (tertiary alicyclic amines) is 1. The van der Waals surface area contributed by atoms with E-state index in [1.54, 1.807) is 0 Å². The van der Waals surface area contributed by atoms with Gasteiger partial charge in [0.2, 0.25) is 0 Å². The van der Waals surface area contributed by atoms with Crippen LogP contribution in [0.3, 0.4) is 0 Å². The maximum atomic E-state index is 13.1. The van der Waals surface area contributed by atoms with Crippen LogP contribution in [0.15, 0.2) is 42.5 Å². The van der Waals surface area contributed by atoms with E-state index in [1.807, 2.05) is 18.2 Å². The summed E-state index contributed by atoms with van der Waals surface area (Å²) in [6, 6.07) is 14.6. The molecule has 1 saturated carbocycles. The van der Waals surface area contributed by atoms with Crippen LogP contribution in [0.5, 0.6) is 0 Å². The van der Waals surface area contributed by atoms with E-state index in [4.69, 9.17) is 0 Å². The number of anilines is 1. The van der Waals surface area contributed by atoms with Gasteiger partial charge < -0.3 is 9.80 Å². The molecule has 3 nitrogen and oxygen atoms in total. The second-order valence-corrected chi connectivity index (χ2v) is 9.03. The number of rotatable bonds is 4. The zero-order chi connectivity index (χ0) is 21.1. The molecule has 0 bridgehead atoms. The molecule has 1 heterocycles. The maximum absolute atomic E-state index is 13.1. The Hall–Kier alpha value is -1.03. The van der Waals surface area contributed by atoms with Crippen molar-refractivity contribution in [3.05, 3.63) is 64.7 Å². The fourth-order valence-corrected chi connectivity index (χ4v) is 5.16. The van der Waals surface area contributed by atoms with Gasteiger partial charge in [0.15, 0.2) is 5.54 Å². The van der Waals surface area contributed by atoms with Crippen molar-refractivity contribution in [3.8, 4) is 0 Å². The Morgan fingerprint density at radius 2 is 1.47 bits per heavy atom. The predicted molar refractivity (Wildman–Crippen MR) is 122 cm³/mol. The second kappa shape index (κ2) is 10.5. The molecule has 4 rings (SSSR count). The SMILES string of the molecule is CC[N+]1(C2(C(=O)Nc3c(C)cc(C)cc3C)CC2)CCCC1.Cc1ccccc1.[Y]. The van der Waals surface area contributed by atoms with Gasteiger partial charge in [-0.2, -0.15) is 0 Å². The van der Waals surface area contributed by atoms with Crippen LogP contribution in [-0.2, 0) is 37.5 Å². The van der Waals surface area contributed by atoms with Crippen molar-refractivity contribution >= 4 is 11.6 Å². The van der Waals surface area contributed by atoms with E-state index in [2.05, 4.69) is 64.2 Å². The number of hydrogen-bond donors (Lipinski definition) is 1. The predicted octanol–water partition coefficient (Wildman–Crippen LogP) is 5.71. The number of carbonyl (C=O) groups is 1. The molecule has 0 atom stereocenters. The summed E-state index contributed by atoms with van der Waals surface area (Å²) in [4.78, 5) is 13.1. The van der Waals surface area contributed by atoms with Crippen LogP contribution in [0.25, 0.3) is 0 Å². The summed E-state index contributed by atoms with van der Waals surface area (Å²) in [5.41, 5.74) is 5.80. The first kappa shape index (κ1) is 25.2. The first-order chi connectivity index (χ1) is 13.8. The van der Waals surface area contributed by atoms with Crippen LogP contribution in [0.1, 0.15) is 54.9 Å². The van der Waals surface area contributed by atoms with Crippen LogP contribution < -0.4 is 5.32 Å². The molecule has 2 aliphatic rings. The van der Waals surface area contributed by atoms with Crippen LogP contribution in [0, 0.1) is 27.7 Å². The minimum atomic E-state index is -0.144. The van der Waals surface area contributed by atoms with Gasteiger partial charge >= 0.3 is 0 Å². The smallest absolute Gasteiger partial charge is 0.285 e. The Morgan fingerprint density at radius 3 is 1.87 bits per heavy atom. The first-order valence-corrected chi connectivity index (χ1v) is 11.1. The van der Waals surface area contributed by atoms with Crippen LogP contribution in [0.4, 0.5) is 5.69 Å². The zero-order valence-corrected chi connectivity index (χ0v) is 22.3. The molecule has 1 aliphatic heterocycles. The van der Waals surface area contributed by atoms with Gasteiger partial charge in [-0.15, -0.1) is 0 Å². The number of hydrogen-bond acceptors (Lipinski definition) is 1. The summed E-state index contributed by atoms with van der Waals surface area (Å²) >= 11 is 0. The molecule has 30 heavy (non-hydrogen) atoms. The quantitative estimate of drug-likeness (QED) is 0.556. The maximum Gasteiger partial charge on any atom is 0.285 e. The number of carbonyl (C=O) groups excluding carboxylic acids is 1. The van der Waals surface area contributed by atoms with E-state index in [0.717, 1.165) is 29.6 Å². The molecule has 1 saturated heterocycles. The third kappa shape index (κ3) is 5.23. The van der Waals surface area contributed by atoms with Crippen molar-refractivity contribution in [2.24, 2.45) is 0 Å². The number of quaternary nitrogens is 1. The Balaban J connectivity index is 0.000000341. The molecule has 0 unspecified atom stereocenters. The van der Waals surface area contributed by atoms with Gasteiger partial charge in [0, 0.05) is 64.1 Å². The average Bonchev–Trinajstić information content (AvgIpc) is 3.37. The number of likely N-dealkylation sites (N-methyl/N-ethyl adjacent to an activating group) is 1. The molecule has 2 fully saturated rings. The Bertz CT molecular complexity index is 830. The fraction of sp³-hybridized carbons (Fsp3) is 0.500. The van der Waals surface area contributed by atoms with E-state index < -0.39 is 0 Å². The van der Waals surface area contributed by atoms with E-state index in [-0.39, 0.29) is 44.2 Å². The van der Waals surface area contributed by atoms with E-state index in [1.165, 1.54) is 48.2 Å². The fourth-order valence-electron chi connectivity index (χ4n) is 5.16. The summed E-state index contributed by atoms with van der Waals surface area (Å²) < 4.78 is 1.02. The Morgan fingerprint density at radius 1 is 0.933 bits per heavy atom. The van der Waals surface area contributed by atoms with Crippen LogP contribution in [-0.4, -0.2) is 35.6 Å². The summed E-state index contributed by atoms with van der Waals surface area (Å²) in [6.07, 6.45) is 4.64. The summed E-state index contributed by atoms with van der Waals surface area (Å²) in [7, 11) is 0. The monoisotopic (exact) mass is 482 g/mol. The summed E-state index contributed by atoms with van der Waals surface area (Å²) in [6.45, 7) is 14.1. The second-order valence-electron chi connectivity index (χ2n) is 9.03. The minimum Gasteiger partial charge on any atom is -0.320 e. The van der Waals surface area contributed by atoms with E-state index in [0.29, 0.717) is 0 Å². The number of aryl methyl sites for hydroxylation is 4. The number of nitrogens with one attached hydrogen (secondary N) is 1. The molecule has 0 spiro atoms. The Labute approximate surface area is 208 Å².